The lowest BCUT2D eigenvalue weighted by molar-refractivity contribution is -0.122. The molecule has 1 aliphatic heterocycles. The van der Waals surface area contributed by atoms with Gasteiger partial charge in [-0.15, -0.1) is 0 Å². The molecule has 0 bridgehead atoms. The van der Waals surface area contributed by atoms with E-state index < -0.39 is 18.5 Å². The fourth-order valence-electron chi connectivity index (χ4n) is 5.61. The van der Waals surface area contributed by atoms with Crippen LogP contribution in [-0.4, -0.2) is 30.3 Å². The summed E-state index contributed by atoms with van der Waals surface area (Å²) in [5.41, 5.74) is 3.31. The Morgan fingerprint density at radius 1 is 0.949 bits per heavy atom. The van der Waals surface area contributed by atoms with E-state index >= 15 is 0 Å². The third kappa shape index (κ3) is 5.66. The van der Waals surface area contributed by atoms with Crippen LogP contribution in [0, 0.1) is 11.8 Å². The van der Waals surface area contributed by atoms with Crippen molar-refractivity contribution in [1.29, 1.82) is 0 Å². The molecule has 1 saturated carbocycles. The van der Waals surface area contributed by atoms with Crippen molar-refractivity contribution in [1.82, 2.24) is 0 Å². The summed E-state index contributed by atoms with van der Waals surface area (Å²) in [6, 6.07) is 21.9. The predicted octanol–water partition coefficient (Wildman–Crippen LogP) is 5.88. The van der Waals surface area contributed by atoms with E-state index in [1.807, 2.05) is 37.3 Å². The van der Waals surface area contributed by atoms with Gasteiger partial charge < -0.3 is 10.1 Å². The van der Waals surface area contributed by atoms with E-state index in [1.54, 1.807) is 18.2 Å². The summed E-state index contributed by atoms with van der Waals surface area (Å²) in [4.78, 5) is 53.1. The molecule has 3 amide bonds. The van der Waals surface area contributed by atoms with Gasteiger partial charge in [0.05, 0.1) is 23.1 Å². The lowest BCUT2D eigenvalue weighted by Gasteiger charge is -2.28. The summed E-state index contributed by atoms with van der Waals surface area (Å²) >= 11 is 3.42. The Morgan fingerprint density at radius 2 is 1.72 bits per heavy atom. The smallest absolute Gasteiger partial charge is 0.338 e. The Labute approximate surface area is 235 Å². The van der Waals surface area contributed by atoms with Crippen molar-refractivity contribution in [3.05, 3.63) is 94.0 Å². The number of halogens is 1. The number of aryl methyl sites for hydroxylation is 1. The van der Waals surface area contributed by atoms with Crippen LogP contribution in [0.4, 0.5) is 11.4 Å². The first-order valence-corrected chi connectivity index (χ1v) is 13.9. The first-order valence-electron chi connectivity index (χ1n) is 13.1. The number of imide groups is 1. The zero-order chi connectivity index (χ0) is 27.5. The van der Waals surface area contributed by atoms with E-state index in [1.165, 1.54) is 22.6 Å². The molecule has 7 nitrogen and oxygen atoms in total. The molecule has 2 fully saturated rings. The van der Waals surface area contributed by atoms with Crippen molar-refractivity contribution >= 4 is 51.0 Å². The molecule has 0 radical (unpaired) electrons. The molecule has 1 heterocycles. The van der Waals surface area contributed by atoms with Crippen molar-refractivity contribution < 1.29 is 23.9 Å². The third-order valence-electron chi connectivity index (χ3n) is 7.59. The predicted molar refractivity (Wildman–Crippen MR) is 151 cm³/mol. The molecule has 1 N–H and O–H groups in total. The number of anilines is 2. The summed E-state index contributed by atoms with van der Waals surface area (Å²) in [5.74, 6) is -2.09. The molecule has 0 unspecified atom stereocenters. The zero-order valence-electron chi connectivity index (χ0n) is 21.6. The quantitative estimate of drug-likeness (QED) is 0.275. The number of nitrogens with one attached hydrogen (secondary N) is 1. The number of hydrogen-bond donors (Lipinski definition) is 1. The van der Waals surface area contributed by atoms with Crippen LogP contribution in [0.25, 0.3) is 0 Å². The maximum atomic E-state index is 13.4. The molecule has 1 saturated heterocycles. The number of rotatable bonds is 7. The number of esters is 1. The highest BCUT2D eigenvalue weighted by Gasteiger charge is 2.50. The minimum Gasteiger partial charge on any atom is -0.452 e. The van der Waals surface area contributed by atoms with Crippen molar-refractivity contribution in [2.75, 3.05) is 16.8 Å². The van der Waals surface area contributed by atoms with Crippen LogP contribution in [0.3, 0.4) is 0 Å². The average Bonchev–Trinajstić information content (AvgIpc) is 3.21. The molecule has 39 heavy (non-hydrogen) atoms. The van der Waals surface area contributed by atoms with Gasteiger partial charge in [-0.1, -0.05) is 59.3 Å². The molecular formula is C31H29BrN2O5. The maximum absolute atomic E-state index is 13.4. The topological polar surface area (TPSA) is 92.8 Å². The fourth-order valence-corrected chi connectivity index (χ4v) is 6.02. The Balaban J connectivity index is 1.24. The number of carbonyl (C=O) groups excluding carboxylic acids is 4. The average molecular weight is 589 g/mol. The van der Waals surface area contributed by atoms with Crippen molar-refractivity contribution in [3.63, 3.8) is 0 Å². The van der Waals surface area contributed by atoms with Crippen LogP contribution in [-0.2, 0) is 25.5 Å². The van der Waals surface area contributed by atoms with Gasteiger partial charge in [0.15, 0.2) is 6.61 Å². The van der Waals surface area contributed by atoms with Gasteiger partial charge in [0.1, 0.15) is 0 Å². The number of ether oxygens (including phenoxy) is 1. The molecule has 0 aromatic heterocycles. The molecule has 0 spiro atoms. The second-order valence-electron chi connectivity index (χ2n) is 9.98. The molecule has 1 aliphatic carbocycles. The van der Waals surface area contributed by atoms with Gasteiger partial charge in [-0.05, 0) is 79.1 Å². The van der Waals surface area contributed by atoms with Gasteiger partial charge in [0, 0.05) is 10.2 Å². The van der Waals surface area contributed by atoms with E-state index in [9.17, 15) is 19.2 Å². The zero-order valence-corrected chi connectivity index (χ0v) is 23.1. The van der Waals surface area contributed by atoms with Gasteiger partial charge in [0.25, 0.3) is 5.91 Å². The van der Waals surface area contributed by atoms with E-state index in [4.69, 9.17) is 4.74 Å². The number of amides is 3. The molecule has 2 aliphatic rings. The molecule has 5 rings (SSSR count). The van der Waals surface area contributed by atoms with Crippen LogP contribution in [0.15, 0.2) is 77.3 Å². The first-order chi connectivity index (χ1) is 18.9. The van der Waals surface area contributed by atoms with Crippen molar-refractivity contribution in [2.45, 2.75) is 38.5 Å². The highest BCUT2D eigenvalue weighted by Crippen LogP contribution is 2.45. The number of fused-ring (bicyclic) bond motifs is 1. The SMILES string of the molecule is CCc1cc(Br)ccc1NC(=O)COC(=O)c1cccc(N2C(=O)[C@H]3C[C@H](c4ccccc4)CC[C@H]3C2=O)c1. The van der Waals surface area contributed by atoms with Crippen molar-refractivity contribution in [2.24, 2.45) is 11.8 Å². The lowest BCUT2D eigenvalue weighted by Crippen LogP contribution is -2.31. The standard InChI is InChI=1S/C31H29BrN2O5/c1-2-19-15-23(32)12-14-27(19)33-28(35)18-39-31(38)22-9-6-10-24(16-22)34-29(36)25-13-11-21(17-26(25)30(34)37)20-7-4-3-5-8-20/h3-10,12,14-16,21,25-26H,2,11,13,17-18H2,1H3,(H,33,35)/t21-,25-,26+/m1/s1. The molecular weight excluding hydrogens is 560 g/mol. The second-order valence-corrected chi connectivity index (χ2v) is 10.9. The Bertz CT molecular complexity index is 1420. The Morgan fingerprint density at radius 3 is 2.49 bits per heavy atom. The molecule has 200 valence electrons. The number of hydrogen-bond acceptors (Lipinski definition) is 5. The van der Waals surface area contributed by atoms with Gasteiger partial charge in [0.2, 0.25) is 11.8 Å². The molecule has 3 atom stereocenters. The van der Waals surface area contributed by atoms with Crippen LogP contribution in [0.5, 0.6) is 0 Å². The van der Waals surface area contributed by atoms with Crippen molar-refractivity contribution in [3.8, 4) is 0 Å². The highest BCUT2D eigenvalue weighted by molar-refractivity contribution is 9.10. The fraction of sp³-hybridized carbons (Fsp3) is 0.290. The van der Waals surface area contributed by atoms with Gasteiger partial charge >= 0.3 is 5.97 Å². The number of nitrogens with zero attached hydrogens (tertiary/aromatic N) is 1. The highest BCUT2D eigenvalue weighted by atomic mass is 79.9. The second kappa shape index (κ2) is 11.5. The number of benzene rings is 3. The number of carbonyl (C=O) groups is 4. The van der Waals surface area contributed by atoms with Crippen LogP contribution in [0.1, 0.15) is 53.6 Å². The molecule has 8 heteroatoms. The summed E-state index contributed by atoms with van der Waals surface area (Å²) in [5, 5.41) is 2.77. The minimum atomic E-state index is -0.709. The van der Waals surface area contributed by atoms with Crippen LogP contribution >= 0.6 is 15.9 Å². The largest absolute Gasteiger partial charge is 0.452 e. The third-order valence-corrected chi connectivity index (χ3v) is 8.09. The maximum Gasteiger partial charge on any atom is 0.338 e. The van der Waals surface area contributed by atoms with Gasteiger partial charge in [-0.3, -0.25) is 19.3 Å². The Kier molecular flexibility index (Phi) is 7.93. The summed E-state index contributed by atoms with van der Waals surface area (Å²) in [6.07, 6.45) is 2.86. The minimum absolute atomic E-state index is 0.163. The Hall–Kier alpha value is -3.78. The lowest BCUT2D eigenvalue weighted by atomic mass is 9.73. The van der Waals surface area contributed by atoms with Gasteiger partial charge in [-0.2, -0.15) is 0 Å². The van der Waals surface area contributed by atoms with E-state index in [2.05, 4.69) is 33.4 Å². The normalized spacial score (nSPS) is 20.5. The van der Waals surface area contributed by atoms with E-state index in [0.717, 1.165) is 22.9 Å². The summed E-state index contributed by atoms with van der Waals surface area (Å²) in [6.45, 7) is 1.52. The van der Waals surface area contributed by atoms with Crippen LogP contribution in [0.2, 0.25) is 0 Å². The monoisotopic (exact) mass is 588 g/mol. The van der Waals surface area contributed by atoms with E-state index in [0.29, 0.717) is 24.2 Å². The molecule has 3 aromatic carbocycles. The summed E-state index contributed by atoms with van der Waals surface area (Å²) in [7, 11) is 0. The first kappa shape index (κ1) is 26.8. The molecule has 3 aromatic rings. The van der Waals surface area contributed by atoms with Gasteiger partial charge in [-0.25, -0.2) is 4.79 Å². The summed E-state index contributed by atoms with van der Waals surface area (Å²) < 4.78 is 6.15. The van der Waals surface area contributed by atoms with E-state index in [-0.39, 0.29) is 35.1 Å². The van der Waals surface area contributed by atoms with Crippen LogP contribution < -0.4 is 10.2 Å².